The third kappa shape index (κ3) is 6.85. The van der Waals surface area contributed by atoms with Gasteiger partial charge in [0.05, 0.1) is 9.49 Å². The maximum atomic E-state index is 2.46. The highest BCUT2D eigenvalue weighted by atomic mass is 32.2. The third-order valence-electron chi connectivity index (χ3n) is 9.05. The number of thioether (sulfide) groups is 3. The Hall–Kier alpha value is -3.63. The minimum absolute atomic E-state index is 0.263. The summed E-state index contributed by atoms with van der Waals surface area (Å²) < 4.78 is -0.794. The summed E-state index contributed by atoms with van der Waals surface area (Å²) in [6.07, 6.45) is 2.27. The summed E-state index contributed by atoms with van der Waals surface area (Å²) in [6, 6.07) is 66.7. The molecular weight excluding hydrogens is 625 g/mol. The highest BCUT2D eigenvalue weighted by molar-refractivity contribution is 8.06. The predicted molar refractivity (Wildman–Crippen MR) is 210 cm³/mol. The average Bonchev–Trinajstić information content (AvgIpc) is 3.16. The first-order valence-electron chi connectivity index (χ1n) is 16.3. The summed E-state index contributed by atoms with van der Waals surface area (Å²) in [7, 11) is 0. The highest BCUT2D eigenvalue weighted by Gasteiger charge is 2.45. The van der Waals surface area contributed by atoms with E-state index in [0.717, 1.165) is 0 Å². The van der Waals surface area contributed by atoms with Gasteiger partial charge in [-0.2, -0.15) is 11.8 Å². The molecule has 0 aliphatic rings. The largest absolute Gasteiger partial charge is 0.161 e. The number of hydrogen-bond acceptors (Lipinski definition) is 3. The van der Waals surface area contributed by atoms with Crippen molar-refractivity contribution in [2.45, 2.75) is 39.1 Å². The van der Waals surface area contributed by atoms with Gasteiger partial charge in [-0.25, -0.2) is 0 Å². The van der Waals surface area contributed by atoms with Crippen LogP contribution < -0.4 is 0 Å². The molecule has 0 nitrogen and oxygen atoms in total. The van der Waals surface area contributed by atoms with Crippen LogP contribution in [0.2, 0.25) is 0 Å². The molecule has 3 heteroatoms. The van der Waals surface area contributed by atoms with Crippen molar-refractivity contribution < 1.29 is 0 Å². The van der Waals surface area contributed by atoms with E-state index < -0.39 is 9.49 Å². The summed E-state index contributed by atoms with van der Waals surface area (Å²) in [5.74, 6) is 0. The molecule has 3 unspecified atom stereocenters. The van der Waals surface area contributed by atoms with Crippen LogP contribution in [-0.2, 0) is 9.49 Å². The van der Waals surface area contributed by atoms with Crippen LogP contribution in [0.3, 0.4) is 0 Å². The second-order valence-electron chi connectivity index (χ2n) is 11.9. The van der Waals surface area contributed by atoms with Gasteiger partial charge in [-0.05, 0) is 39.6 Å². The Morgan fingerprint density at radius 2 is 0.574 bits per heavy atom. The van der Waals surface area contributed by atoms with E-state index in [2.05, 4.69) is 226 Å². The Labute approximate surface area is 294 Å². The van der Waals surface area contributed by atoms with Crippen molar-refractivity contribution in [3.8, 4) is 0 Å². The SMILES string of the molecule is CSC(C)C(SC(c1ccccc1)(c1ccccc1)c1ccccc1)C(C)SC(c1ccccc1)(c1ccccc1)c1ccccc1. The molecule has 0 heterocycles. The standard InChI is InChI=1S/C44H42S3/c1-34(45-3)42(47-44(39-28-16-7-17-29-39,40-30-18-8-19-31-40)41-32-20-9-21-33-41)35(2)46-43(36-22-10-4-11-23-36,37-24-12-5-13-25-37)38-26-14-6-15-27-38/h4-35,42H,1-3H3. The van der Waals surface area contributed by atoms with Crippen molar-refractivity contribution in [3.63, 3.8) is 0 Å². The van der Waals surface area contributed by atoms with E-state index in [1.54, 1.807) is 0 Å². The lowest BCUT2D eigenvalue weighted by molar-refractivity contribution is 0.784. The zero-order chi connectivity index (χ0) is 32.5. The summed E-state index contributed by atoms with van der Waals surface area (Å²) in [5, 5.41) is 0.933. The lowest BCUT2D eigenvalue weighted by Gasteiger charge is -2.44. The fraction of sp³-hybridized carbons (Fsp3) is 0.182. The van der Waals surface area contributed by atoms with Crippen LogP contribution in [0, 0.1) is 0 Å². The van der Waals surface area contributed by atoms with Gasteiger partial charge in [0.25, 0.3) is 0 Å². The van der Waals surface area contributed by atoms with Crippen LogP contribution >= 0.6 is 35.3 Å². The third-order valence-corrected chi connectivity index (χ3v) is 14.3. The normalized spacial score (nSPS) is 13.9. The van der Waals surface area contributed by atoms with Gasteiger partial charge in [0, 0.05) is 15.7 Å². The zero-order valence-electron chi connectivity index (χ0n) is 27.3. The lowest BCUT2D eigenvalue weighted by Crippen LogP contribution is -2.38. The van der Waals surface area contributed by atoms with E-state index >= 15 is 0 Å². The summed E-state index contributed by atoms with van der Waals surface area (Å²) in [6.45, 7) is 4.88. The van der Waals surface area contributed by atoms with Crippen LogP contribution in [0.15, 0.2) is 182 Å². The number of benzene rings is 6. The van der Waals surface area contributed by atoms with Gasteiger partial charge in [-0.3, -0.25) is 0 Å². The highest BCUT2D eigenvalue weighted by Crippen LogP contribution is 2.57. The monoisotopic (exact) mass is 666 g/mol. The Kier molecular flexibility index (Phi) is 11.0. The van der Waals surface area contributed by atoms with Crippen LogP contribution in [0.4, 0.5) is 0 Å². The van der Waals surface area contributed by atoms with Crippen molar-refractivity contribution in [2.24, 2.45) is 0 Å². The van der Waals surface area contributed by atoms with Gasteiger partial charge in [-0.15, -0.1) is 23.5 Å². The van der Waals surface area contributed by atoms with Crippen LogP contribution in [0.1, 0.15) is 47.2 Å². The Balaban J connectivity index is 1.55. The first-order valence-corrected chi connectivity index (χ1v) is 19.4. The van der Waals surface area contributed by atoms with E-state index in [1.807, 2.05) is 11.8 Å². The van der Waals surface area contributed by atoms with Gasteiger partial charge in [0.15, 0.2) is 0 Å². The minimum atomic E-state index is -0.401. The molecule has 0 aromatic heterocycles. The van der Waals surface area contributed by atoms with Gasteiger partial charge in [-0.1, -0.05) is 196 Å². The summed E-state index contributed by atoms with van der Waals surface area (Å²) >= 11 is 6.18. The number of hydrogen-bond donors (Lipinski definition) is 0. The Bertz CT molecular complexity index is 1580. The maximum absolute atomic E-state index is 2.46. The van der Waals surface area contributed by atoms with Gasteiger partial charge in [0.2, 0.25) is 0 Å². The predicted octanol–water partition coefficient (Wildman–Crippen LogP) is 11.9. The molecule has 0 bridgehead atoms. The Morgan fingerprint density at radius 3 is 0.809 bits per heavy atom. The van der Waals surface area contributed by atoms with Crippen molar-refractivity contribution in [3.05, 3.63) is 215 Å². The number of rotatable bonds is 13. The average molecular weight is 667 g/mol. The summed E-state index contributed by atoms with van der Waals surface area (Å²) in [4.78, 5) is 0. The van der Waals surface area contributed by atoms with Crippen LogP contribution in [0.5, 0.6) is 0 Å². The van der Waals surface area contributed by atoms with Crippen LogP contribution in [0.25, 0.3) is 0 Å². The molecule has 47 heavy (non-hydrogen) atoms. The smallest absolute Gasteiger partial charge is 0.0910 e. The van der Waals surface area contributed by atoms with Crippen LogP contribution in [-0.4, -0.2) is 22.0 Å². The molecule has 0 saturated heterocycles. The lowest BCUT2D eigenvalue weighted by atomic mass is 9.84. The molecule has 0 N–H and O–H groups in total. The first-order chi connectivity index (χ1) is 23.1. The fourth-order valence-corrected chi connectivity index (χ4v) is 11.5. The van der Waals surface area contributed by atoms with Gasteiger partial charge < -0.3 is 0 Å². The Morgan fingerprint density at radius 1 is 0.340 bits per heavy atom. The first kappa shape index (κ1) is 33.3. The molecule has 236 valence electrons. The zero-order valence-corrected chi connectivity index (χ0v) is 29.7. The molecule has 6 aromatic carbocycles. The quantitative estimate of drug-likeness (QED) is 0.113. The van der Waals surface area contributed by atoms with E-state index in [1.165, 1.54) is 33.4 Å². The molecule has 6 aromatic rings. The van der Waals surface area contributed by atoms with E-state index in [-0.39, 0.29) is 10.5 Å². The molecule has 0 aliphatic carbocycles. The molecule has 0 radical (unpaired) electrons. The minimum Gasteiger partial charge on any atom is -0.161 e. The molecular formula is C44H42S3. The topological polar surface area (TPSA) is 0 Å². The summed E-state index contributed by atoms with van der Waals surface area (Å²) in [5.41, 5.74) is 7.82. The second-order valence-corrected chi connectivity index (χ2v) is 16.1. The van der Waals surface area contributed by atoms with Crippen molar-refractivity contribution in [1.29, 1.82) is 0 Å². The van der Waals surface area contributed by atoms with E-state index in [9.17, 15) is 0 Å². The maximum Gasteiger partial charge on any atom is 0.0910 e. The molecule has 0 amide bonds. The molecule has 6 rings (SSSR count). The molecule has 0 saturated carbocycles. The van der Waals surface area contributed by atoms with Crippen molar-refractivity contribution in [1.82, 2.24) is 0 Å². The van der Waals surface area contributed by atoms with Gasteiger partial charge >= 0.3 is 0 Å². The van der Waals surface area contributed by atoms with Crippen molar-refractivity contribution in [2.75, 3.05) is 6.26 Å². The van der Waals surface area contributed by atoms with Gasteiger partial charge in [0.1, 0.15) is 0 Å². The molecule has 3 atom stereocenters. The second kappa shape index (κ2) is 15.5. The van der Waals surface area contributed by atoms with E-state index in [4.69, 9.17) is 0 Å². The van der Waals surface area contributed by atoms with E-state index in [0.29, 0.717) is 5.25 Å². The molecule has 0 aliphatic heterocycles. The van der Waals surface area contributed by atoms with Crippen molar-refractivity contribution >= 4 is 35.3 Å². The molecule has 0 spiro atoms. The fourth-order valence-electron chi connectivity index (χ4n) is 6.70. The molecule has 0 fully saturated rings.